The minimum absolute atomic E-state index is 0.0535. The van der Waals surface area contributed by atoms with Crippen LogP contribution in [0.15, 0.2) is 35.1 Å². The molecule has 4 rings (SSSR count). The van der Waals surface area contributed by atoms with Gasteiger partial charge in [-0.1, -0.05) is 0 Å². The van der Waals surface area contributed by atoms with Crippen LogP contribution in [0.4, 0.5) is 0 Å². The van der Waals surface area contributed by atoms with Crippen molar-refractivity contribution in [2.45, 2.75) is 12.5 Å². The van der Waals surface area contributed by atoms with E-state index in [0.29, 0.717) is 31.0 Å². The molecule has 1 N–H and O–H groups in total. The van der Waals surface area contributed by atoms with Crippen LogP contribution in [-0.4, -0.2) is 47.9 Å². The van der Waals surface area contributed by atoms with Crippen molar-refractivity contribution in [3.63, 3.8) is 0 Å². The molecule has 0 radical (unpaired) electrons. The van der Waals surface area contributed by atoms with E-state index in [2.05, 4.69) is 10.3 Å². The van der Waals surface area contributed by atoms with Crippen molar-refractivity contribution < 1.29 is 18.7 Å². The normalized spacial score (nSPS) is 22.4. The Balaban J connectivity index is 1.56. The summed E-state index contributed by atoms with van der Waals surface area (Å²) in [6, 6.07) is 7.33. The molecule has 2 saturated heterocycles. The maximum Gasteiger partial charge on any atom is 0.276 e. The lowest BCUT2D eigenvalue weighted by molar-refractivity contribution is -0.119. The van der Waals surface area contributed by atoms with E-state index in [1.807, 2.05) is 24.3 Å². The van der Waals surface area contributed by atoms with E-state index < -0.39 is 0 Å². The number of aromatic nitrogens is 1. The van der Waals surface area contributed by atoms with Crippen LogP contribution in [0.2, 0.25) is 0 Å². The van der Waals surface area contributed by atoms with Crippen molar-refractivity contribution in [1.29, 1.82) is 0 Å². The number of benzene rings is 1. The fourth-order valence-corrected chi connectivity index (χ4v) is 3.41. The summed E-state index contributed by atoms with van der Waals surface area (Å²) in [4.78, 5) is 30.1. The second kappa shape index (κ2) is 5.67. The first kappa shape index (κ1) is 14.7. The summed E-state index contributed by atoms with van der Waals surface area (Å²) in [7, 11) is 1.60. The lowest BCUT2D eigenvalue weighted by atomic mass is 10.1. The molecular formula is C17H17N3O4. The Kier molecular flexibility index (Phi) is 3.48. The van der Waals surface area contributed by atoms with Gasteiger partial charge in [-0.15, -0.1) is 0 Å². The number of fused-ring (bicyclic) bond motifs is 1. The Morgan fingerprint density at radius 2 is 2.12 bits per heavy atom. The van der Waals surface area contributed by atoms with Gasteiger partial charge in [-0.2, -0.15) is 0 Å². The summed E-state index contributed by atoms with van der Waals surface area (Å²) in [5.41, 5.74) is 1.07. The van der Waals surface area contributed by atoms with Crippen LogP contribution in [0.1, 0.15) is 16.9 Å². The number of nitrogens with one attached hydrogen (secondary N) is 1. The van der Waals surface area contributed by atoms with Gasteiger partial charge in [0.05, 0.1) is 13.2 Å². The summed E-state index contributed by atoms with van der Waals surface area (Å²) < 4.78 is 10.6. The molecule has 1 aromatic heterocycles. The first-order valence-corrected chi connectivity index (χ1v) is 7.82. The third-order valence-corrected chi connectivity index (χ3v) is 4.64. The maximum atomic E-state index is 12.8. The molecule has 2 aliphatic rings. The van der Waals surface area contributed by atoms with Crippen molar-refractivity contribution in [3.05, 3.63) is 36.4 Å². The highest BCUT2D eigenvalue weighted by Gasteiger charge is 2.42. The molecular weight excluding hydrogens is 310 g/mol. The Labute approximate surface area is 138 Å². The van der Waals surface area contributed by atoms with Crippen LogP contribution in [0.5, 0.6) is 5.75 Å². The fraction of sp³-hybridized carbons (Fsp3) is 0.353. The number of amides is 2. The number of oxazole rings is 1. The lowest BCUT2D eigenvalue weighted by Gasteiger charge is -2.16. The molecule has 2 amide bonds. The maximum absolute atomic E-state index is 12.8. The first-order valence-electron chi connectivity index (χ1n) is 7.82. The summed E-state index contributed by atoms with van der Waals surface area (Å²) in [5.74, 6) is 1.27. The molecule has 7 nitrogen and oxygen atoms in total. The molecule has 0 saturated carbocycles. The van der Waals surface area contributed by atoms with Gasteiger partial charge in [0.1, 0.15) is 5.75 Å². The van der Waals surface area contributed by atoms with Gasteiger partial charge in [0.2, 0.25) is 5.91 Å². The van der Waals surface area contributed by atoms with Crippen LogP contribution >= 0.6 is 0 Å². The van der Waals surface area contributed by atoms with Gasteiger partial charge in [0, 0.05) is 31.0 Å². The Bertz CT molecular complexity index is 767. The van der Waals surface area contributed by atoms with Gasteiger partial charge in [-0.3, -0.25) is 9.59 Å². The molecule has 7 heteroatoms. The van der Waals surface area contributed by atoms with E-state index in [4.69, 9.17) is 9.15 Å². The third kappa shape index (κ3) is 2.42. The third-order valence-electron chi connectivity index (χ3n) is 4.64. The summed E-state index contributed by atoms with van der Waals surface area (Å²) in [6.45, 7) is 1.08. The standard InChI is InChI=1S/C17H17N3O4/c1-23-12-4-2-10(3-5-12)16-15(18-9-24-16)17(22)20-7-11-6-14(21)19-13(11)8-20/h2-5,9,11,13H,6-8H2,1H3,(H,19,21)/t11-,13+/m0/s1. The molecule has 2 fully saturated rings. The predicted octanol–water partition coefficient (Wildman–Crippen LogP) is 1.31. The minimum Gasteiger partial charge on any atom is -0.497 e. The van der Waals surface area contributed by atoms with Gasteiger partial charge >= 0.3 is 0 Å². The van der Waals surface area contributed by atoms with Crippen LogP contribution in [-0.2, 0) is 4.79 Å². The number of nitrogens with zero attached hydrogens (tertiary/aromatic N) is 2. The average Bonchev–Trinajstić information content (AvgIpc) is 3.28. The molecule has 2 atom stereocenters. The molecule has 0 bridgehead atoms. The number of carbonyl (C=O) groups is 2. The second-order valence-electron chi connectivity index (χ2n) is 6.11. The lowest BCUT2D eigenvalue weighted by Crippen LogP contribution is -2.35. The van der Waals surface area contributed by atoms with Crippen molar-refractivity contribution in [1.82, 2.24) is 15.2 Å². The van der Waals surface area contributed by atoms with Gasteiger partial charge < -0.3 is 19.4 Å². The molecule has 0 aliphatic carbocycles. The molecule has 0 unspecified atom stereocenters. The number of carbonyl (C=O) groups excluding carboxylic acids is 2. The van der Waals surface area contributed by atoms with Crippen LogP contribution in [0.3, 0.4) is 0 Å². The highest BCUT2D eigenvalue weighted by molar-refractivity contribution is 5.98. The molecule has 2 aliphatic heterocycles. The van der Waals surface area contributed by atoms with E-state index >= 15 is 0 Å². The van der Waals surface area contributed by atoms with Crippen molar-refractivity contribution in [3.8, 4) is 17.1 Å². The quantitative estimate of drug-likeness (QED) is 0.919. The largest absolute Gasteiger partial charge is 0.497 e. The van der Waals surface area contributed by atoms with E-state index in [-0.39, 0.29) is 23.8 Å². The predicted molar refractivity (Wildman–Crippen MR) is 84.4 cm³/mol. The smallest absolute Gasteiger partial charge is 0.276 e. The SMILES string of the molecule is COc1ccc(-c2ocnc2C(=O)N2C[C@@H]3CC(=O)N[C@@H]3C2)cc1. The van der Waals surface area contributed by atoms with Gasteiger partial charge in [0.15, 0.2) is 17.8 Å². The summed E-state index contributed by atoms with van der Waals surface area (Å²) in [5, 5.41) is 2.91. The number of hydrogen-bond acceptors (Lipinski definition) is 5. The fourth-order valence-electron chi connectivity index (χ4n) is 3.41. The van der Waals surface area contributed by atoms with Crippen LogP contribution < -0.4 is 10.1 Å². The zero-order valence-electron chi connectivity index (χ0n) is 13.2. The van der Waals surface area contributed by atoms with E-state index in [9.17, 15) is 9.59 Å². The molecule has 1 aromatic carbocycles. The van der Waals surface area contributed by atoms with Crippen LogP contribution in [0.25, 0.3) is 11.3 Å². The van der Waals surface area contributed by atoms with E-state index in [1.165, 1.54) is 6.39 Å². The van der Waals surface area contributed by atoms with Gasteiger partial charge in [0.25, 0.3) is 5.91 Å². The number of rotatable bonds is 3. The number of likely N-dealkylation sites (tertiary alicyclic amines) is 1. The topological polar surface area (TPSA) is 84.7 Å². The summed E-state index contributed by atoms with van der Waals surface area (Å²) >= 11 is 0. The second-order valence-corrected chi connectivity index (χ2v) is 6.11. The first-order chi connectivity index (χ1) is 11.7. The van der Waals surface area contributed by atoms with E-state index in [0.717, 1.165) is 11.3 Å². The molecule has 3 heterocycles. The highest BCUT2D eigenvalue weighted by Crippen LogP contribution is 2.30. The summed E-state index contributed by atoms with van der Waals surface area (Å²) in [6.07, 6.45) is 1.77. The number of hydrogen-bond donors (Lipinski definition) is 1. The molecule has 0 spiro atoms. The molecule has 24 heavy (non-hydrogen) atoms. The Morgan fingerprint density at radius 1 is 1.33 bits per heavy atom. The number of ether oxygens (including phenoxy) is 1. The monoisotopic (exact) mass is 327 g/mol. The Morgan fingerprint density at radius 3 is 2.83 bits per heavy atom. The minimum atomic E-state index is -0.168. The zero-order valence-corrected chi connectivity index (χ0v) is 13.2. The number of methoxy groups -OCH3 is 1. The molecule has 2 aromatic rings. The van der Waals surface area contributed by atoms with Crippen molar-refractivity contribution in [2.75, 3.05) is 20.2 Å². The van der Waals surface area contributed by atoms with Crippen LogP contribution in [0, 0.1) is 5.92 Å². The zero-order chi connectivity index (χ0) is 16.7. The highest BCUT2D eigenvalue weighted by atomic mass is 16.5. The van der Waals surface area contributed by atoms with E-state index in [1.54, 1.807) is 12.0 Å². The Hall–Kier alpha value is -2.83. The van der Waals surface area contributed by atoms with Gasteiger partial charge in [-0.05, 0) is 24.3 Å². The van der Waals surface area contributed by atoms with Gasteiger partial charge in [-0.25, -0.2) is 4.98 Å². The average molecular weight is 327 g/mol. The van der Waals surface area contributed by atoms with Crippen molar-refractivity contribution in [2.24, 2.45) is 5.92 Å². The molecule has 124 valence electrons. The van der Waals surface area contributed by atoms with Crippen molar-refractivity contribution >= 4 is 11.8 Å².